The molecule has 2 nitrogen and oxygen atoms in total. The van der Waals surface area contributed by atoms with Crippen molar-refractivity contribution < 1.29 is 4.74 Å². The van der Waals surface area contributed by atoms with Crippen molar-refractivity contribution in [3.05, 3.63) is 77.4 Å². The van der Waals surface area contributed by atoms with Crippen molar-refractivity contribution in [2.24, 2.45) is 0 Å². The van der Waals surface area contributed by atoms with Crippen molar-refractivity contribution in [2.75, 3.05) is 0 Å². The minimum Gasteiger partial charge on any atom is -0.491 e. The lowest BCUT2D eigenvalue weighted by atomic mass is 10.0. The molecule has 3 aromatic rings. The minimum absolute atomic E-state index is 0.169. The van der Waals surface area contributed by atoms with Crippen molar-refractivity contribution in [3.63, 3.8) is 0 Å². The van der Waals surface area contributed by atoms with Crippen LogP contribution in [0.1, 0.15) is 30.5 Å². The molecular weight excluding hydrogens is 294 g/mol. The van der Waals surface area contributed by atoms with E-state index in [1.54, 1.807) is 0 Å². The Labute approximate surface area is 142 Å². The molecule has 0 unspecified atom stereocenters. The topological polar surface area (TPSA) is 33.0 Å². The normalized spacial score (nSPS) is 11.1. The zero-order chi connectivity index (χ0) is 16.9. The van der Waals surface area contributed by atoms with Gasteiger partial charge in [-0.1, -0.05) is 42.5 Å². The standard InChI is InChI=1S/C22H19NO/c1-16(2)24-22-5-3-4-17(14-22)6-7-18-8-10-21-13-19(15-23)9-11-20(21)12-18/h3-14,16H,1-2H3. The zero-order valence-electron chi connectivity index (χ0n) is 13.9. The molecule has 0 saturated carbocycles. The fourth-order valence-corrected chi connectivity index (χ4v) is 2.59. The van der Waals surface area contributed by atoms with Crippen LogP contribution in [0.4, 0.5) is 0 Å². The molecule has 0 amide bonds. The van der Waals surface area contributed by atoms with Crippen LogP contribution in [-0.4, -0.2) is 6.10 Å². The third-order valence-electron chi connectivity index (χ3n) is 3.69. The van der Waals surface area contributed by atoms with E-state index in [2.05, 4.69) is 36.4 Å². The number of ether oxygens (including phenoxy) is 1. The second kappa shape index (κ2) is 7.02. The molecular formula is C22H19NO. The smallest absolute Gasteiger partial charge is 0.120 e. The van der Waals surface area contributed by atoms with Gasteiger partial charge in [-0.2, -0.15) is 5.26 Å². The molecule has 0 aliphatic carbocycles. The maximum Gasteiger partial charge on any atom is 0.120 e. The first-order valence-corrected chi connectivity index (χ1v) is 8.03. The Kier molecular flexibility index (Phi) is 4.63. The van der Waals surface area contributed by atoms with E-state index in [9.17, 15) is 0 Å². The second-order valence-corrected chi connectivity index (χ2v) is 6.01. The van der Waals surface area contributed by atoms with E-state index in [-0.39, 0.29) is 6.10 Å². The van der Waals surface area contributed by atoms with Gasteiger partial charge in [-0.25, -0.2) is 0 Å². The second-order valence-electron chi connectivity index (χ2n) is 6.01. The number of hydrogen-bond acceptors (Lipinski definition) is 2. The third kappa shape index (κ3) is 3.83. The molecule has 3 aromatic carbocycles. The van der Waals surface area contributed by atoms with Crippen LogP contribution < -0.4 is 4.74 Å². The van der Waals surface area contributed by atoms with Gasteiger partial charge in [-0.05, 0) is 66.1 Å². The summed E-state index contributed by atoms with van der Waals surface area (Å²) >= 11 is 0. The quantitative estimate of drug-likeness (QED) is 0.581. The summed E-state index contributed by atoms with van der Waals surface area (Å²) in [5, 5.41) is 11.2. The van der Waals surface area contributed by atoms with E-state index in [0.717, 1.165) is 27.6 Å². The van der Waals surface area contributed by atoms with Crippen LogP contribution in [0.25, 0.3) is 22.9 Å². The van der Waals surface area contributed by atoms with Crippen LogP contribution in [0.5, 0.6) is 5.75 Å². The maximum atomic E-state index is 8.97. The number of hydrogen-bond donors (Lipinski definition) is 0. The Balaban J connectivity index is 1.84. The van der Waals surface area contributed by atoms with E-state index >= 15 is 0 Å². The average Bonchev–Trinajstić information content (AvgIpc) is 2.59. The van der Waals surface area contributed by atoms with E-state index in [1.807, 2.05) is 56.3 Å². The largest absolute Gasteiger partial charge is 0.491 e. The van der Waals surface area contributed by atoms with Crippen molar-refractivity contribution in [3.8, 4) is 11.8 Å². The lowest BCUT2D eigenvalue weighted by Gasteiger charge is -2.09. The molecule has 0 atom stereocenters. The summed E-state index contributed by atoms with van der Waals surface area (Å²) in [6.45, 7) is 4.05. The van der Waals surface area contributed by atoms with Crippen LogP contribution in [0.15, 0.2) is 60.7 Å². The molecule has 118 valence electrons. The Morgan fingerprint density at radius 1 is 0.875 bits per heavy atom. The van der Waals surface area contributed by atoms with Gasteiger partial charge >= 0.3 is 0 Å². The molecule has 0 N–H and O–H groups in total. The van der Waals surface area contributed by atoms with E-state index in [0.29, 0.717) is 5.56 Å². The molecule has 24 heavy (non-hydrogen) atoms. The molecule has 0 fully saturated rings. The zero-order valence-corrected chi connectivity index (χ0v) is 13.9. The van der Waals surface area contributed by atoms with Crippen LogP contribution >= 0.6 is 0 Å². The van der Waals surface area contributed by atoms with Gasteiger partial charge in [-0.15, -0.1) is 0 Å². The predicted molar refractivity (Wildman–Crippen MR) is 99.8 cm³/mol. The van der Waals surface area contributed by atoms with E-state index in [4.69, 9.17) is 10.00 Å². The molecule has 0 bridgehead atoms. The van der Waals surface area contributed by atoms with Gasteiger partial charge in [0.1, 0.15) is 5.75 Å². The predicted octanol–water partition coefficient (Wildman–Crippen LogP) is 5.67. The highest BCUT2D eigenvalue weighted by Gasteiger charge is 1.99. The summed E-state index contributed by atoms with van der Waals surface area (Å²) in [5.74, 6) is 0.884. The first-order valence-electron chi connectivity index (χ1n) is 8.03. The SMILES string of the molecule is CC(C)Oc1cccc(C=Cc2ccc3cc(C#N)ccc3c2)c1. The van der Waals surface area contributed by atoms with Crippen LogP contribution in [0, 0.1) is 11.3 Å². The van der Waals surface area contributed by atoms with Gasteiger partial charge in [0.2, 0.25) is 0 Å². The van der Waals surface area contributed by atoms with E-state index in [1.165, 1.54) is 0 Å². The van der Waals surface area contributed by atoms with Crippen LogP contribution in [-0.2, 0) is 0 Å². The first-order chi connectivity index (χ1) is 11.6. The van der Waals surface area contributed by atoms with Crippen molar-refractivity contribution in [1.82, 2.24) is 0 Å². The highest BCUT2D eigenvalue weighted by atomic mass is 16.5. The fraction of sp³-hybridized carbons (Fsp3) is 0.136. The van der Waals surface area contributed by atoms with Gasteiger partial charge < -0.3 is 4.74 Å². The van der Waals surface area contributed by atoms with Gasteiger partial charge in [0, 0.05) is 0 Å². The summed E-state index contributed by atoms with van der Waals surface area (Å²) in [7, 11) is 0. The van der Waals surface area contributed by atoms with Gasteiger partial charge in [0.05, 0.1) is 17.7 Å². The summed E-state index contributed by atoms with van der Waals surface area (Å²) in [4.78, 5) is 0. The summed E-state index contributed by atoms with van der Waals surface area (Å²) in [6.07, 6.45) is 4.34. The summed E-state index contributed by atoms with van der Waals surface area (Å²) in [5.41, 5.74) is 2.92. The highest BCUT2D eigenvalue weighted by molar-refractivity contribution is 5.87. The fourth-order valence-electron chi connectivity index (χ4n) is 2.59. The average molecular weight is 313 g/mol. The number of nitrogens with zero attached hydrogens (tertiary/aromatic N) is 1. The monoisotopic (exact) mass is 313 g/mol. The van der Waals surface area contributed by atoms with Crippen molar-refractivity contribution >= 4 is 22.9 Å². The summed E-state index contributed by atoms with van der Waals surface area (Å²) in [6, 6.07) is 22.2. The minimum atomic E-state index is 0.169. The Hall–Kier alpha value is -3.05. The Morgan fingerprint density at radius 2 is 1.58 bits per heavy atom. The van der Waals surface area contributed by atoms with Crippen LogP contribution in [0.2, 0.25) is 0 Å². The van der Waals surface area contributed by atoms with Crippen LogP contribution in [0.3, 0.4) is 0 Å². The van der Waals surface area contributed by atoms with E-state index < -0.39 is 0 Å². The Bertz CT molecular complexity index is 932. The molecule has 0 aromatic heterocycles. The van der Waals surface area contributed by atoms with Crippen molar-refractivity contribution in [1.29, 1.82) is 5.26 Å². The lowest BCUT2D eigenvalue weighted by molar-refractivity contribution is 0.242. The molecule has 3 rings (SSSR count). The lowest BCUT2D eigenvalue weighted by Crippen LogP contribution is -2.05. The number of fused-ring (bicyclic) bond motifs is 1. The molecule has 0 aliphatic heterocycles. The van der Waals surface area contributed by atoms with Gasteiger partial charge in [0.15, 0.2) is 0 Å². The molecule has 0 saturated heterocycles. The molecule has 2 heteroatoms. The number of nitriles is 1. The van der Waals surface area contributed by atoms with Gasteiger partial charge in [-0.3, -0.25) is 0 Å². The number of benzene rings is 3. The third-order valence-corrected chi connectivity index (χ3v) is 3.69. The molecule has 0 spiro atoms. The van der Waals surface area contributed by atoms with Crippen molar-refractivity contribution in [2.45, 2.75) is 20.0 Å². The molecule has 0 heterocycles. The first kappa shape index (κ1) is 15.8. The molecule has 0 aliphatic rings. The number of rotatable bonds is 4. The Morgan fingerprint density at radius 3 is 2.33 bits per heavy atom. The highest BCUT2D eigenvalue weighted by Crippen LogP contribution is 2.20. The van der Waals surface area contributed by atoms with Gasteiger partial charge in [0.25, 0.3) is 0 Å². The maximum absolute atomic E-state index is 8.97. The molecule has 0 radical (unpaired) electrons. The summed E-state index contributed by atoms with van der Waals surface area (Å²) < 4.78 is 5.73.